The molecule has 4 bridgehead atoms. The van der Waals surface area contributed by atoms with E-state index in [0.29, 0.717) is 37.0 Å². The van der Waals surface area contributed by atoms with E-state index in [1.165, 1.54) is 25.7 Å². The predicted octanol–water partition coefficient (Wildman–Crippen LogP) is 6.26. The summed E-state index contributed by atoms with van der Waals surface area (Å²) < 4.78 is 15.2. The predicted molar refractivity (Wildman–Crippen MR) is 171 cm³/mol. The van der Waals surface area contributed by atoms with Gasteiger partial charge in [-0.25, -0.2) is 0 Å². The largest absolute Gasteiger partial charge is 0.461 e. The lowest BCUT2D eigenvalue weighted by atomic mass is 9.63. The zero-order chi connectivity index (χ0) is 30.7. The number of rotatable bonds is 7. The lowest BCUT2D eigenvalue weighted by Crippen LogP contribution is -2.59. The van der Waals surface area contributed by atoms with Crippen molar-refractivity contribution in [1.29, 1.82) is 0 Å². The fraction of sp³-hybridized carbons (Fsp3) is 0.632. The van der Waals surface area contributed by atoms with Crippen LogP contribution in [0.1, 0.15) is 101 Å². The number of nitrogens with zero attached hydrogens (tertiary/aromatic N) is 2. The molecular weight excluding hydrogens is 548 g/mol. The van der Waals surface area contributed by atoms with E-state index >= 15 is 0 Å². The van der Waals surface area contributed by atoms with Crippen molar-refractivity contribution in [2.45, 2.75) is 126 Å². The summed E-state index contributed by atoms with van der Waals surface area (Å²) in [5, 5.41) is 0. The van der Waals surface area contributed by atoms with Gasteiger partial charge in [-0.05, 0) is 43.4 Å². The summed E-state index contributed by atoms with van der Waals surface area (Å²) >= 11 is 0. The standard InChI is InChI=1S/C38H52N2O4/c1-5-39(3)27-16-17-28(39)23-31(22-27)43-36(41)34-20-21-38(26-12-8-7-9-13-26,35-15-11-10-14-33(34)35)37(42)44-32-24-29-18-19-30(25-32)40(29,4)6-2/h7-15,27-32,34H,5-6,16-25H2,1-4H3/q+2/t27-,28+,29-,30+,31?,32?,34?,38?,39?,40?. The third kappa shape index (κ3) is 4.57. The Balaban J connectivity index is 1.15. The van der Waals surface area contributed by atoms with Crippen LogP contribution in [0.25, 0.3) is 0 Å². The molecule has 6 nitrogen and oxygen atoms in total. The number of esters is 2. The second kappa shape index (κ2) is 11.3. The van der Waals surface area contributed by atoms with Crippen molar-refractivity contribution in [2.75, 3.05) is 27.2 Å². The molecule has 0 N–H and O–H groups in total. The number of quaternary nitrogens is 2. The topological polar surface area (TPSA) is 52.6 Å². The van der Waals surface area contributed by atoms with E-state index in [1.54, 1.807) is 0 Å². The van der Waals surface area contributed by atoms with Crippen LogP contribution in [0.3, 0.4) is 0 Å². The molecule has 4 fully saturated rings. The number of carbonyl (C=O) groups is 2. The van der Waals surface area contributed by atoms with E-state index in [4.69, 9.17) is 9.47 Å². The summed E-state index contributed by atoms with van der Waals surface area (Å²) in [4.78, 5) is 28.6. The number of hydrogen-bond donors (Lipinski definition) is 0. The van der Waals surface area contributed by atoms with E-state index in [-0.39, 0.29) is 30.1 Å². The van der Waals surface area contributed by atoms with Crippen LogP contribution in [0.15, 0.2) is 54.6 Å². The first kappa shape index (κ1) is 30.0. The maximum atomic E-state index is 14.6. The Bertz CT molecular complexity index is 1360. The molecular formula is C38H52N2O4+2. The molecule has 2 aromatic carbocycles. The van der Waals surface area contributed by atoms with Gasteiger partial charge in [0.25, 0.3) is 0 Å². The first-order chi connectivity index (χ1) is 21.2. The maximum Gasteiger partial charge on any atom is 0.321 e. The molecule has 10 atom stereocenters. The van der Waals surface area contributed by atoms with Crippen molar-refractivity contribution in [2.24, 2.45) is 0 Å². The van der Waals surface area contributed by atoms with Crippen molar-refractivity contribution >= 4 is 11.9 Å². The van der Waals surface area contributed by atoms with Gasteiger partial charge in [-0.2, -0.15) is 0 Å². The Kier molecular flexibility index (Phi) is 7.68. The minimum Gasteiger partial charge on any atom is -0.461 e. The van der Waals surface area contributed by atoms with E-state index in [9.17, 15) is 9.59 Å². The quantitative estimate of drug-likeness (QED) is 0.278. The van der Waals surface area contributed by atoms with Gasteiger partial charge in [0.05, 0.1) is 57.3 Å². The lowest BCUT2D eigenvalue weighted by Gasteiger charge is -2.47. The molecule has 4 heterocycles. The monoisotopic (exact) mass is 600 g/mol. The highest BCUT2D eigenvalue weighted by Crippen LogP contribution is 2.50. The maximum absolute atomic E-state index is 14.6. The molecule has 6 unspecified atom stereocenters. The molecule has 0 aromatic heterocycles. The molecule has 0 spiro atoms. The van der Waals surface area contributed by atoms with Crippen LogP contribution in [0.5, 0.6) is 0 Å². The van der Waals surface area contributed by atoms with Gasteiger partial charge in [0, 0.05) is 51.4 Å². The van der Waals surface area contributed by atoms with Gasteiger partial charge < -0.3 is 18.4 Å². The lowest BCUT2D eigenvalue weighted by molar-refractivity contribution is -0.947. The van der Waals surface area contributed by atoms with Gasteiger partial charge in [-0.15, -0.1) is 0 Å². The van der Waals surface area contributed by atoms with E-state index in [1.807, 2.05) is 36.4 Å². The molecule has 0 amide bonds. The van der Waals surface area contributed by atoms with E-state index < -0.39 is 5.41 Å². The van der Waals surface area contributed by atoms with Gasteiger partial charge in [-0.3, -0.25) is 9.59 Å². The second-order valence-electron chi connectivity index (χ2n) is 15.1. The molecule has 44 heavy (non-hydrogen) atoms. The van der Waals surface area contributed by atoms with Gasteiger partial charge in [0.2, 0.25) is 0 Å². The minimum atomic E-state index is -0.932. The number of ether oxygens (including phenoxy) is 2. The summed E-state index contributed by atoms with van der Waals surface area (Å²) in [5.41, 5.74) is 1.86. The van der Waals surface area contributed by atoms with Crippen molar-refractivity contribution in [3.05, 3.63) is 71.3 Å². The Hall–Kier alpha value is -2.70. The SMILES string of the molecule is CC[N+]1(C)[C@@H]2CC[C@H]1CC(OC(=O)C1CCC(C(=O)OC3C[C@H]4CC[C@@H](C3)[N+]4(C)CC)(c3ccccc3)c3ccccc31)C2. The highest BCUT2D eigenvalue weighted by atomic mass is 16.5. The molecule has 236 valence electrons. The smallest absolute Gasteiger partial charge is 0.321 e. The molecule has 4 aliphatic heterocycles. The first-order valence-corrected chi connectivity index (χ1v) is 17.5. The Morgan fingerprint density at radius 1 is 0.705 bits per heavy atom. The molecule has 7 rings (SSSR count). The van der Waals surface area contributed by atoms with Crippen LogP contribution in [-0.2, 0) is 24.5 Å². The third-order valence-corrected chi connectivity index (χ3v) is 13.6. The van der Waals surface area contributed by atoms with Crippen LogP contribution in [0.4, 0.5) is 0 Å². The molecule has 5 aliphatic rings. The van der Waals surface area contributed by atoms with Crippen molar-refractivity contribution in [1.82, 2.24) is 0 Å². The fourth-order valence-electron chi connectivity index (χ4n) is 10.5. The summed E-state index contributed by atoms with van der Waals surface area (Å²) in [5.74, 6) is -0.638. The van der Waals surface area contributed by atoms with E-state index in [0.717, 1.165) is 64.4 Å². The Morgan fingerprint density at radius 2 is 1.20 bits per heavy atom. The number of benzene rings is 2. The van der Waals surface area contributed by atoms with Crippen LogP contribution in [-0.4, -0.2) is 84.5 Å². The summed E-state index contributed by atoms with van der Waals surface area (Å²) in [7, 11) is 4.78. The summed E-state index contributed by atoms with van der Waals surface area (Å²) in [6.07, 6.45) is 9.75. The fourth-order valence-corrected chi connectivity index (χ4v) is 10.5. The van der Waals surface area contributed by atoms with Crippen LogP contribution in [0, 0.1) is 0 Å². The second-order valence-corrected chi connectivity index (χ2v) is 15.1. The van der Waals surface area contributed by atoms with Crippen molar-refractivity contribution in [3.8, 4) is 0 Å². The molecule has 4 saturated heterocycles. The van der Waals surface area contributed by atoms with Crippen LogP contribution in [0.2, 0.25) is 0 Å². The van der Waals surface area contributed by atoms with Crippen LogP contribution >= 0.6 is 0 Å². The zero-order valence-electron chi connectivity index (χ0n) is 27.3. The molecule has 6 heteroatoms. The average molecular weight is 601 g/mol. The molecule has 0 radical (unpaired) electrons. The Labute approximate surface area is 263 Å². The number of hydrogen-bond acceptors (Lipinski definition) is 4. The zero-order valence-corrected chi connectivity index (χ0v) is 27.3. The molecule has 0 saturated carbocycles. The third-order valence-electron chi connectivity index (χ3n) is 13.6. The van der Waals surface area contributed by atoms with Gasteiger partial charge >= 0.3 is 11.9 Å². The number of piperidine rings is 2. The average Bonchev–Trinajstić information content (AvgIpc) is 3.29. The van der Waals surface area contributed by atoms with Crippen molar-refractivity contribution in [3.63, 3.8) is 0 Å². The first-order valence-electron chi connectivity index (χ1n) is 17.5. The number of carbonyl (C=O) groups excluding carboxylic acids is 2. The highest BCUT2D eigenvalue weighted by Gasteiger charge is 2.55. The van der Waals surface area contributed by atoms with Crippen LogP contribution < -0.4 is 0 Å². The summed E-state index contributed by atoms with van der Waals surface area (Å²) in [6, 6.07) is 20.5. The summed E-state index contributed by atoms with van der Waals surface area (Å²) in [6.45, 7) is 6.86. The minimum absolute atomic E-state index is 0.00966. The Morgan fingerprint density at radius 3 is 1.75 bits per heavy atom. The van der Waals surface area contributed by atoms with E-state index in [2.05, 4.69) is 46.1 Å². The molecule has 1 aliphatic carbocycles. The van der Waals surface area contributed by atoms with Crippen molar-refractivity contribution < 1.29 is 28.0 Å². The molecule has 2 aromatic rings. The van der Waals surface area contributed by atoms with Gasteiger partial charge in [0.15, 0.2) is 0 Å². The van der Waals surface area contributed by atoms with Gasteiger partial charge in [0.1, 0.15) is 17.6 Å². The highest BCUT2D eigenvalue weighted by molar-refractivity contribution is 5.91. The van der Waals surface area contributed by atoms with Gasteiger partial charge in [-0.1, -0.05) is 54.6 Å². The number of fused-ring (bicyclic) bond motifs is 5. The normalized spacial score (nSPS) is 40.7.